The summed E-state index contributed by atoms with van der Waals surface area (Å²) in [5.41, 5.74) is 12.6. The van der Waals surface area contributed by atoms with Crippen LogP contribution in [-0.2, 0) is 0 Å². The summed E-state index contributed by atoms with van der Waals surface area (Å²) < 4.78 is 0. The molecule has 0 bridgehead atoms. The fourth-order valence-corrected chi connectivity index (χ4v) is 2.10. The van der Waals surface area contributed by atoms with Gasteiger partial charge in [-0.2, -0.15) is 5.26 Å². The van der Waals surface area contributed by atoms with Crippen molar-refractivity contribution in [3.05, 3.63) is 52.6 Å². The molecule has 90 valence electrons. The van der Waals surface area contributed by atoms with Gasteiger partial charge >= 0.3 is 0 Å². The third-order valence-corrected chi connectivity index (χ3v) is 3.43. The monoisotopic (exact) mass is 236 g/mol. The van der Waals surface area contributed by atoms with E-state index in [0.29, 0.717) is 11.3 Å². The Kier molecular flexibility index (Phi) is 3.08. The van der Waals surface area contributed by atoms with E-state index in [9.17, 15) is 0 Å². The minimum atomic E-state index is 0.544. The normalized spacial score (nSPS) is 10.1. The molecule has 0 unspecified atom stereocenters. The van der Waals surface area contributed by atoms with Crippen LogP contribution in [0.3, 0.4) is 0 Å². The van der Waals surface area contributed by atoms with Crippen LogP contribution < -0.4 is 5.73 Å². The summed E-state index contributed by atoms with van der Waals surface area (Å²) >= 11 is 0. The second kappa shape index (κ2) is 4.54. The molecule has 0 aliphatic heterocycles. The van der Waals surface area contributed by atoms with Crippen LogP contribution in [0.1, 0.15) is 22.3 Å². The molecule has 2 aromatic carbocycles. The van der Waals surface area contributed by atoms with Gasteiger partial charge in [-0.25, -0.2) is 0 Å². The Labute approximate surface area is 108 Å². The molecule has 18 heavy (non-hydrogen) atoms. The Morgan fingerprint density at radius 1 is 1.00 bits per heavy atom. The van der Waals surface area contributed by atoms with Crippen LogP contribution >= 0.6 is 0 Å². The zero-order valence-corrected chi connectivity index (χ0v) is 10.9. The van der Waals surface area contributed by atoms with Crippen LogP contribution in [0.4, 0.5) is 5.69 Å². The van der Waals surface area contributed by atoms with Crippen molar-refractivity contribution < 1.29 is 0 Å². The number of aryl methyl sites for hydroxylation is 2. The number of nitrogen functional groups attached to an aromatic ring is 1. The number of rotatable bonds is 1. The van der Waals surface area contributed by atoms with Gasteiger partial charge in [0.15, 0.2) is 0 Å². The largest absolute Gasteiger partial charge is 0.398 e. The fourth-order valence-electron chi connectivity index (χ4n) is 2.10. The summed E-state index contributed by atoms with van der Waals surface area (Å²) in [6.07, 6.45) is 0. The molecule has 0 heterocycles. The molecule has 2 heteroatoms. The Hall–Kier alpha value is -2.27. The van der Waals surface area contributed by atoms with Gasteiger partial charge in [-0.1, -0.05) is 24.3 Å². The maximum Gasteiger partial charge on any atom is 0.102 e. The lowest BCUT2D eigenvalue weighted by Gasteiger charge is -2.11. The summed E-state index contributed by atoms with van der Waals surface area (Å²) in [7, 11) is 0. The van der Waals surface area contributed by atoms with Crippen molar-refractivity contribution in [2.45, 2.75) is 20.8 Å². The topological polar surface area (TPSA) is 49.8 Å². The second-order valence-electron chi connectivity index (χ2n) is 4.61. The third-order valence-electron chi connectivity index (χ3n) is 3.43. The molecule has 0 saturated heterocycles. The summed E-state index contributed by atoms with van der Waals surface area (Å²) in [5, 5.41) is 9.14. The van der Waals surface area contributed by atoms with Crippen LogP contribution in [0.5, 0.6) is 0 Å². The molecule has 0 aliphatic rings. The van der Waals surface area contributed by atoms with Crippen molar-refractivity contribution in [2.24, 2.45) is 0 Å². The summed E-state index contributed by atoms with van der Waals surface area (Å²) in [6.45, 7) is 6.13. The number of nitrogens with zero attached hydrogens (tertiary/aromatic N) is 1. The van der Waals surface area contributed by atoms with E-state index in [1.54, 1.807) is 6.07 Å². The van der Waals surface area contributed by atoms with Gasteiger partial charge in [-0.3, -0.25) is 0 Å². The average molecular weight is 236 g/mol. The number of hydrogen-bond donors (Lipinski definition) is 1. The van der Waals surface area contributed by atoms with Crippen molar-refractivity contribution in [2.75, 3.05) is 5.73 Å². The lowest BCUT2D eigenvalue weighted by Crippen LogP contribution is -1.96. The molecule has 0 spiro atoms. The first-order valence-electron chi connectivity index (χ1n) is 5.91. The lowest BCUT2D eigenvalue weighted by atomic mass is 9.94. The second-order valence-corrected chi connectivity index (χ2v) is 4.61. The van der Waals surface area contributed by atoms with E-state index in [1.807, 2.05) is 13.0 Å². The first-order valence-corrected chi connectivity index (χ1v) is 5.91. The molecule has 2 rings (SSSR count). The van der Waals surface area contributed by atoms with E-state index in [1.165, 1.54) is 11.1 Å². The van der Waals surface area contributed by atoms with Crippen molar-refractivity contribution in [3.8, 4) is 17.2 Å². The first kappa shape index (κ1) is 12.2. The molecule has 0 saturated carbocycles. The van der Waals surface area contributed by atoms with Crippen LogP contribution in [0.2, 0.25) is 0 Å². The predicted molar refractivity (Wildman–Crippen MR) is 75.2 cm³/mol. The Balaban J connectivity index is 2.65. The number of benzene rings is 2. The Morgan fingerprint density at radius 3 is 2.33 bits per heavy atom. The summed E-state index contributed by atoms with van der Waals surface area (Å²) in [6, 6.07) is 12.3. The lowest BCUT2D eigenvalue weighted by molar-refractivity contribution is 1.33. The molecule has 2 N–H and O–H groups in total. The highest BCUT2D eigenvalue weighted by molar-refractivity contribution is 5.75. The van der Waals surface area contributed by atoms with Gasteiger partial charge in [-0.05, 0) is 54.7 Å². The van der Waals surface area contributed by atoms with Crippen LogP contribution in [0.15, 0.2) is 30.3 Å². The summed E-state index contributed by atoms with van der Waals surface area (Å²) in [4.78, 5) is 0. The maximum absolute atomic E-state index is 9.14. The van der Waals surface area contributed by atoms with Crippen molar-refractivity contribution >= 4 is 5.69 Å². The van der Waals surface area contributed by atoms with Crippen molar-refractivity contribution in [3.63, 3.8) is 0 Å². The summed E-state index contributed by atoms with van der Waals surface area (Å²) in [5.74, 6) is 0. The van der Waals surface area contributed by atoms with Crippen LogP contribution in [-0.4, -0.2) is 0 Å². The zero-order chi connectivity index (χ0) is 13.3. The van der Waals surface area contributed by atoms with Gasteiger partial charge in [0.25, 0.3) is 0 Å². The molecule has 0 aliphatic carbocycles. The van der Waals surface area contributed by atoms with E-state index < -0.39 is 0 Å². The Bertz CT molecular complexity index is 649. The smallest absolute Gasteiger partial charge is 0.102 e. The molecular weight excluding hydrogens is 220 g/mol. The van der Waals surface area contributed by atoms with Crippen molar-refractivity contribution in [1.82, 2.24) is 0 Å². The number of nitrogens with two attached hydrogens (primary N) is 1. The zero-order valence-electron chi connectivity index (χ0n) is 10.9. The maximum atomic E-state index is 9.14. The number of nitriles is 1. The quantitative estimate of drug-likeness (QED) is 0.767. The van der Waals surface area contributed by atoms with Crippen LogP contribution in [0, 0.1) is 32.1 Å². The van der Waals surface area contributed by atoms with Gasteiger partial charge < -0.3 is 5.73 Å². The van der Waals surface area contributed by atoms with E-state index in [4.69, 9.17) is 11.0 Å². The van der Waals surface area contributed by atoms with E-state index in [2.05, 4.69) is 38.1 Å². The first-order chi connectivity index (χ1) is 8.54. The van der Waals surface area contributed by atoms with Crippen LogP contribution in [0.25, 0.3) is 11.1 Å². The standard InChI is InChI=1S/C16H16N2/c1-10-4-5-13(8-11(10)2)14-6-7-16(18)15(9-17)12(14)3/h4-8H,18H2,1-3H3. The minimum absolute atomic E-state index is 0.544. The van der Waals surface area contributed by atoms with Gasteiger partial charge in [0.05, 0.1) is 5.56 Å². The molecule has 0 amide bonds. The van der Waals surface area contributed by atoms with Crippen molar-refractivity contribution in [1.29, 1.82) is 5.26 Å². The molecule has 0 atom stereocenters. The number of hydrogen-bond acceptors (Lipinski definition) is 2. The van der Waals surface area contributed by atoms with E-state index >= 15 is 0 Å². The van der Waals surface area contributed by atoms with Gasteiger partial charge in [0.1, 0.15) is 6.07 Å². The highest BCUT2D eigenvalue weighted by Gasteiger charge is 2.09. The third kappa shape index (κ3) is 1.96. The molecule has 2 aromatic rings. The van der Waals surface area contributed by atoms with Gasteiger partial charge in [0, 0.05) is 5.69 Å². The minimum Gasteiger partial charge on any atom is -0.398 e. The van der Waals surface area contributed by atoms with E-state index in [-0.39, 0.29) is 0 Å². The molecule has 0 radical (unpaired) electrons. The highest BCUT2D eigenvalue weighted by atomic mass is 14.6. The predicted octanol–water partition coefficient (Wildman–Crippen LogP) is 3.73. The molecule has 2 nitrogen and oxygen atoms in total. The van der Waals surface area contributed by atoms with Gasteiger partial charge in [-0.15, -0.1) is 0 Å². The van der Waals surface area contributed by atoms with E-state index in [0.717, 1.165) is 16.7 Å². The molecule has 0 aromatic heterocycles. The molecule has 0 fully saturated rings. The van der Waals surface area contributed by atoms with Gasteiger partial charge in [0.2, 0.25) is 0 Å². The fraction of sp³-hybridized carbons (Fsp3) is 0.188. The molecular formula is C16H16N2. The average Bonchev–Trinajstić information content (AvgIpc) is 2.34. The number of anilines is 1. The SMILES string of the molecule is Cc1ccc(-c2ccc(N)c(C#N)c2C)cc1C. The Morgan fingerprint density at radius 2 is 1.72 bits per heavy atom. The highest BCUT2D eigenvalue weighted by Crippen LogP contribution is 2.29.